The van der Waals surface area contributed by atoms with Crippen LogP contribution in [0.1, 0.15) is 10.4 Å². The summed E-state index contributed by atoms with van der Waals surface area (Å²) >= 11 is 3.29. The molecular weight excluding hydrogens is 313 g/mol. The Labute approximate surface area is 118 Å². The van der Waals surface area contributed by atoms with Gasteiger partial charge in [-0.1, -0.05) is 22.0 Å². The Morgan fingerprint density at radius 2 is 2.00 bits per heavy atom. The number of carboxylic acids is 1. The predicted molar refractivity (Wildman–Crippen MR) is 75.6 cm³/mol. The number of aromatic carboxylic acids is 1. The van der Waals surface area contributed by atoms with Crippen molar-refractivity contribution in [1.82, 2.24) is 0 Å². The lowest BCUT2D eigenvalue weighted by atomic mass is 10.2. The summed E-state index contributed by atoms with van der Waals surface area (Å²) in [6, 6.07) is 11.0. The van der Waals surface area contributed by atoms with E-state index in [9.17, 15) is 9.18 Å². The maximum Gasteiger partial charge on any atom is 0.335 e. The van der Waals surface area contributed by atoms with Gasteiger partial charge >= 0.3 is 5.97 Å². The molecule has 0 radical (unpaired) electrons. The van der Waals surface area contributed by atoms with E-state index in [-0.39, 0.29) is 11.4 Å². The van der Waals surface area contributed by atoms with E-state index in [1.165, 1.54) is 18.2 Å². The molecule has 98 valence electrons. The molecule has 2 rings (SSSR count). The SMILES string of the molecule is CN(c1cccc(C(=O)O)c1)c1cc(Br)ccc1F. The second kappa shape index (κ2) is 5.40. The standard InChI is InChI=1S/C14H11BrFNO2/c1-17(13-8-10(15)5-6-12(13)16)11-4-2-3-9(7-11)14(18)19/h2-8H,1H3,(H,18,19). The Bertz CT molecular complexity index is 631. The third-order valence-corrected chi connectivity index (χ3v) is 3.24. The number of carbonyl (C=O) groups is 1. The van der Waals surface area contributed by atoms with Crippen LogP contribution in [0.15, 0.2) is 46.9 Å². The van der Waals surface area contributed by atoms with Gasteiger partial charge in [-0.25, -0.2) is 9.18 Å². The lowest BCUT2D eigenvalue weighted by Gasteiger charge is -2.20. The van der Waals surface area contributed by atoms with Gasteiger partial charge in [-0.05, 0) is 36.4 Å². The molecule has 0 bridgehead atoms. The van der Waals surface area contributed by atoms with Crippen LogP contribution in [0.25, 0.3) is 0 Å². The molecule has 3 nitrogen and oxygen atoms in total. The number of benzene rings is 2. The van der Waals surface area contributed by atoms with Crippen molar-refractivity contribution in [1.29, 1.82) is 0 Å². The molecule has 0 aliphatic rings. The van der Waals surface area contributed by atoms with Gasteiger partial charge in [-0.15, -0.1) is 0 Å². The molecule has 0 saturated heterocycles. The molecular formula is C14H11BrFNO2. The first-order chi connectivity index (χ1) is 8.99. The smallest absolute Gasteiger partial charge is 0.335 e. The number of rotatable bonds is 3. The van der Waals surface area contributed by atoms with Crippen LogP contribution >= 0.6 is 15.9 Å². The largest absolute Gasteiger partial charge is 0.478 e. The van der Waals surface area contributed by atoms with Crippen LogP contribution in [-0.2, 0) is 0 Å². The van der Waals surface area contributed by atoms with Gasteiger partial charge in [0.05, 0.1) is 11.3 Å². The van der Waals surface area contributed by atoms with Crippen LogP contribution in [0.5, 0.6) is 0 Å². The van der Waals surface area contributed by atoms with Crippen LogP contribution in [0.3, 0.4) is 0 Å². The van der Waals surface area contributed by atoms with Gasteiger partial charge in [0.15, 0.2) is 0 Å². The highest BCUT2D eigenvalue weighted by Crippen LogP contribution is 2.29. The molecule has 5 heteroatoms. The first-order valence-electron chi connectivity index (χ1n) is 5.51. The van der Waals surface area contributed by atoms with Crippen molar-refractivity contribution in [2.45, 2.75) is 0 Å². The Balaban J connectivity index is 2.43. The minimum Gasteiger partial charge on any atom is -0.478 e. The van der Waals surface area contributed by atoms with Crippen LogP contribution in [0, 0.1) is 5.82 Å². The summed E-state index contributed by atoms with van der Waals surface area (Å²) in [4.78, 5) is 12.5. The lowest BCUT2D eigenvalue weighted by molar-refractivity contribution is 0.0697. The Hall–Kier alpha value is -1.88. The van der Waals surface area contributed by atoms with E-state index in [0.717, 1.165) is 4.47 Å². The van der Waals surface area contributed by atoms with Crippen molar-refractivity contribution in [3.05, 3.63) is 58.3 Å². The summed E-state index contributed by atoms with van der Waals surface area (Å²) in [6.07, 6.45) is 0. The van der Waals surface area contributed by atoms with E-state index in [1.807, 2.05) is 0 Å². The van der Waals surface area contributed by atoms with Gasteiger partial charge in [-0.2, -0.15) is 0 Å². The lowest BCUT2D eigenvalue weighted by Crippen LogP contribution is -2.12. The zero-order valence-corrected chi connectivity index (χ0v) is 11.7. The highest BCUT2D eigenvalue weighted by atomic mass is 79.9. The molecule has 0 heterocycles. The minimum atomic E-state index is -1.01. The maximum absolute atomic E-state index is 13.8. The highest BCUT2D eigenvalue weighted by molar-refractivity contribution is 9.10. The van der Waals surface area contributed by atoms with Crippen LogP contribution < -0.4 is 4.90 Å². The number of hydrogen-bond donors (Lipinski definition) is 1. The van der Waals surface area contributed by atoms with Crippen LogP contribution in [0.2, 0.25) is 0 Å². The number of hydrogen-bond acceptors (Lipinski definition) is 2. The summed E-state index contributed by atoms with van der Waals surface area (Å²) in [6.45, 7) is 0. The zero-order chi connectivity index (χ0) is 14.0. The fourth-order valence-electron chi connectivity index (χ4n) is 1.73. The molecule has 2 aromatic carbocycles. The molecule has 0 spiro atoms. The third-order valence-electron chi connectivity index (χ3n) is 2.75. The van der Waals surface area contributed by atoms with Gasteiger partial charge in [-0.3, -0.25) is 0 Å². The van der Waals surface area contributed by atoms with Crippen molar-refractivity contribution >= 4 is 33.3 Å². The monoisotopic (exact) mass is 323 g/mol. The number of carboxylic acid groups (broad SMARTS) is 1. The predicted octanol–water partition coefficient (Wildman–Crippen LogP) is 4.05. The minimum absolute atomic E-state index is 0.166. The second-order valence-corrected chi connectivity index (χ2v) is 4.93. The summed E-state index contributed by atoms with van der Waals surface area (Å²) < 4.78 is 14.5. The first kappa shape index (κ1) is 13.5. The van der Waals surface area contributed by atoms with E-state index in [1.54, 1.807) is 36.2 Å². The van der Waals surface area contributed by atoms with Crippen molar-refractivity contribution in [3.8, 4) is 0 Å². The summed E-state index contributed by atoms with van der Waals surface area (Å²) in [5, 5.41) is 8.96. The third kappa shape index (κ3) is 2.93. The number of anilines is 2. The molecule has 0 unspecified atom stereocenters. The summed E-state index contributed by atoms with van der Waals surface area (Å²) in [5.74, 6) is -1.38. The van der Waals surface area contributed by atoms with Crippen molar-refractivity contribution in [2.75, 3.05) is 11.9 Å². The summed E-state index contributed by atoms with van der Waals surface area (Å²) in [5.41, 5.74) is 1.15. The Morgan fingerprint density at radius 1 is 1.26 bits per heavy atom. The normalized spacial score (nSPS) is 10.3. The molecule has 0 saturated carbocycles. The molecule has 0 fully saturated rings. The zero-order valence-electron chi connectivity index (χ0n) is 10.1. The Morgan fingerprint density at radius 3 is 2.68 bits per heavy atom. The molecule has 19 heavy (non-hydrogen) atoms. The van der Waals surface area contributed by atoms with E-state index < -0.39 is 5.97 Å². The molecule has 0 atom stereocenters. The van der Waals surface area contributed by atoms with E-state index >= 15 is 0 Å². The van der Waals surface area contributed by atoms with E-state index in [2.05, 4.69) is 15.9 Å². The molecule has 0 aromatic heterocycles. The van der Waals surface area contributed by atoms with Gasteiger partial charge < -0.3 is 10.0 Å². The van der Waals surface area contributed by atoms with Gasteiger partial charge in [0.2, 0.25) is 0 Å². The van der Waals surface area contributed by atoms with E-state index in [4.69, 9.17) is 5.11 Å². The van der Waals surface area contributed by atoms with Crippen LogP contribution in [-0.4, -0.2) is 18.1 Å². The topological polar surface area (TPSA) is 40.5 Å². The van der Waals surface area contributed by atoms with Crippen LogP contribution in [0.4, 0.5) is 15.8 Å². The number of nitrogens with zero attached hydrogens (tertiary/aromatic N) is 1. The van der Waals surface area contributed by atoms with Crippen molar-refractivity contribution < 1.29 is 14.3 Å². The van der Waals surface area contributed by atoms with Gasteiger partial charge in [0.25, 0.3) is 0 Å². The fourth-order valence-corrected chi connectivity index (χ4v) is 2.08. The molecule has 0 amide bonds. The quantitative estimate of drug-likeness (QED) is 0.926. The molecule has 2 aromatic rings. The van der Waals surface area contributed by atoms with E-state index in [0.29, 0.717) is 11.4 Å². The van der Waals surface area contributed by atoms with Crippen molar-refractivity contribution in [2.24, 2.45) is 0 Å². The Kier molecular flexibility index (Phi) is 3.85. The van der Waals surface area contributed by atoms with Gasteiger partial charge in [0.1, 0.15) is 5.82 Å². The second-order valence-electron chi connectivity index (χ2n) is 4.01. The molecule has 1 N–H and O–H groups in total. The highest BCUT2D eigenvalue weighted by Gasteiger charge is 2.12. The molecule has 0 aliphatic carbocycles. The van der Waals surface area contributed by atoms with Gasteiger partial charge in [0, 0.05) is 17.2 Å². The average Bonchev–Trinajstić information content (AvgIpc) is 2.41. The van der Waals surface area contributed by atoms with Crippen molar-refractivity contribution in [3.63, 3.8) is 0 Å². The number of halogens is 2. The fraction of sp³-hybridized carbons (Fsp3) is 0.0714. The summed E-state index contributed by atoms with van der Waals surface area (Å²) in [7, 11) is 1.69. The maximum atomic E-state index is 13.8. The molecule has 0 aliphatic heterocycles. The average molecular weight is 324 g/mol. The first-order valence-corrected chi connectivity index (χ1v) is 6.30.